The normalized spacial score (nSPS) is 16.3. The highest BCUT2D eigenvalue weighted by atomic mass is 35.5. The molecule has 0 aliphatic carbocycles. The van der Waals surface area contributed by atoms with Crippen molar-refractivity contribution in [2.24, 2.45) is 0 Å². The number of hydrogen-bond acceptors (Lipinski definition) is 7. The van der Waals surface area contributed by atoms with E-state index in [0.717, 1.165) is 36.2 Å². The molecule has 3 aromatic rings. The lowest BCUT2D eigenvalue weighted by atomic mass is 10.2. The van der Waals surface area contributed by atoms with E-state index in [0.29, 0.717) is 34.0 Å². The van der Waals surface area contributed by atoms with E-state index in [1.54, 1.807) is 18.2 Å². The van der Waals surface area contributed by atoms with Gasteiger partial charge in [0.05, 0.1) is 17.1 Å². The number of aromatic nitrogens is 2. The second-order valence-corrected chi connectivity index (χ2v) is 7.27. The van der Waals surface area contributed by atoms with E-state index in [4.69, 9.17) is 27.6 Å². The van der Waals surface area contributed by atoms with Gasteiger partial charge in [0.1, 0.15) is 5.82 Å². The lowest BCUT2D eigenvalue weighted by Crippen LogP contribution is -2.30. The number of nitrogen functional groups attached to an aromatic ring is 1. The van der Waals surface area contributed by atoms with Crippen molar-refractivity contribution in [1.29, 1.82) is 5.26 Å². The van der Waals surface area contributed by atoms with Crippen LogP contribution in [0.15, 0.2) is 36.4 Å². The van der Waals surface area contributed by atoms with Gasteiger partial charge in [-0.3, -0.25) is 0 Å². The lowest BCUT2D eigenvalue weighted by Gasteiger charge is -2.20. The quantitative estimate of drug-likeness (QED) is 0.584. The molecule has 1 saturated heterocycles. The molecule has 4 N–H and O–H groups in total. The van der Waals surface area contributed by atoms with Gasteiger partial charge in [-0.25, -0.2) is 4.98 Å². The van der Waals surface area contributed by atoms with Crippen molar-refractivity contribution in [2.75, 3.05) is 36.1 Å². The molecule has 1 aliphatic rings. The van der Waals surface area contributed by atoms with Crippen LogP contribution in [0.25, 0.3) is 10.9 Å². The smallest absolute Gasteiger partial charge is 0.229 e. The fourth-order valence-electron chi connectivity index (χ4n) is 3.49. The van der Waals surface area contributed by atoms with Crippen LogP contribution in [-0.4, -0.2) is 36.1 Å². The van der Waals surface area contributed by atoms with E-state index in [9.17, 15) is 0 Å². The van der Waals surface area contributed by atoms with Crippen molar-refractivity contribution in [3.63, 3.8) is 0 Å². The number of anilines is 4. The Morgan fingerprint density at radius 1 is 1.25 bits per heavy atom. The Kier molecular flexibility index (Phi) is 4.90. The Labute approximate surface area is 168 Å². The third kappa shape index (κ3) is 3.65. The van der Waals surface area contributed by atoms with Crippen LogP contribution in [0.5, 0.6) is 0 Å². The van der Waals surface area contributed by atoms with Gasteiger partial charge in [0.15, 0.2) is 0 Å². The topological polar surface area (TPSA) is 103 Å². The standard InChI is InChI=1S/C20H20ClN7/c1-24-15-4-5-28(11-15)19-17-3-2-13(21)8-18(17)26-20(27-19)25-16-7-12(10-22)6-14(23)9-16/h2-3,6-9,15,24H,4-5,11,23H2,1H3,(H,25,26,27)/t15-/m0/s1. The molecule has 0 unspecified atom stereocenters. The minimum absolute atomic E-state index is 0.431. The van der Waals surface area contributed by atoms with E-state index < -0.39 is 0 Å². The minimum Gasteiger partial charge on any atom is -0.399 e. The lowest BCUT2D eigenvalue weighted by molar-refractivity contribution is 0.616. The summed E-state index contributed by atoms with van der Waals surface area (Å²) in [6.45, 7) is 1.79. The molecular formula is C20H20ClN7. The summed E-state index contributed by atoms with van der Waals surface area (Å²) < 4.78 is 0. The summed E-state index contributed by atoms with van der Waals surface area (Å²) in [4.78, 5) is 11.6. The van der Waals surface area contributed by atoms with Crippen molar-refractivity contribution < 1.29 is 0 Å². The summed E-state index contributed by atoms with van der Waals surface area (Å²) in [5.74, 6) is 1.30. The molecule has 0 amide bonds. The highest BCUT2D eigenvalue weighted by Crippen LogP contribution is 2.31. The minimum atomic E-state index is 0.431. The Morgan fingerprint density at radius 3 is 2.86 bits per heavy atom. The molecule has 28 heavy (non-hydrogen) atoms. The molecule has 1 fully saturated rings. The first-order valence-electron chi connectivity index (χ1n) is 9.03. The van der Waals surface area contributed by atoms with E-state index in [1.807, 2.05) is 25.2 Å². The van der Waals surface area contributed by atoms with Crippen molar-refractivity contribution in [3.05, 3.63) is 47.0 Å². The molecule has 0 saturated carbocycles. The summed E-state index contributed by atoms with van der Waals surface area (Å²) in [5, 5.41) is 17.3. The fourth-order valence-corrected chi connectivity index (χ4v) is 3.66. The van der Waals surface area contributed by atoms with Crippen molar-refractivity contribution in [2.45, 2.75) is 12.5 Å². The van der Waals surface area contributed by atoms with Crippen LogP contribution < -0.4 is 21.3 Å². The Hall–Kier alpha value is -3.08. The fraction of sp³-hybridized carbons (Fsp3) is 0.250. The molecule has 142 valence electrons. The van der Waals surface area contributed by atoms with Crippen molar-refractivity contribution in [1.82, 2.24) is 15.3 Å². The number of halogens is 1. The van der Waals surface area contributed by atoms with Gasteiger partial charge < -0.3 is 21.3 Å². The third-order valence-electron chi connectivity index (χ3n) is 4.88. The van der Waals surface area contributed by atoms with Crippen molar-refractivity contribution in [3.8, 4) is 6.07 Å². The second kappa shape index (κ2) is 7.50. The van der Waals surface area contributed by atoms with Gasteiger partial charge in [-0.15, -0.1) is 0 Å². The molecule has 8 heteroatoms. The number of nitrogens with zero attached hydrogens (tertiary/aromatic N) is 4. The van der Waals surface area contributed by atoms with Crippen molar-refractivity contribution >= 4 is 45.6 Å². The first-order valence-corrected chi connectivity index (χ1v) is 9.40. The summed E-state index contributed by atoms with van der Waals surface area (Å²) >= 11 is 6.19. The second-order valence-electron chi connectivity index (χ2n) is 6.83. The van der Waals surface area contributed by atoms with Crippen LogP contribution in [0.4, 0.5) is 23.1 Å². The van der Waals surface area contributed by atoms with Gasteiger partial charge in [-0.05, 0) is 49.9 Å². The maximum absolute atomic E-state index is 9.17. The number of benzene rings is 2. The maximum atomic E-state index is 9.17. The number of rotatable bonds is 4. The SMILES string of the molecule is CN[C@H]1CCN(c2nc(Nc3cc(N)cc(C#N)c3)nc3cc(Cl)ccc23)C1. The van der Waals surface area contributed by atoms with Gasteiger partial charge in [0.25, 0.3) is 0 Å². The molecule has 4 rings (SSSR count). The van der Waals surface area contributed by atoms with Crippen LogP contribution >= 0.6 is 11.6 Å². The summed E-state index contributed by atoms with van der Waals surface area (Å²) in [6, 6.07) is 13.3. The Balaban J connectivity index is 1.77. The number of nitriles is 1. The molecule has 2 heterocycles. The molecule has 1 aliphatic heterocycles. The molecular weight excluding hydrogens is 374 g/mol. The number of likely N-dealkylation sites (N-methyl/N-ethyl adjacent to an activating group) is 1. The number of hydrogen-bond donors (Lipinski definition) is 3. The van der Waals surface area contributed by atoms with Gasteiger partial charge in [-0.1, -0.05) is 11.6 Å². The number of fused-ring (bicyclic) bond motifs is 1. The van der Waals surface area contributed by atoms with Gasteiger partial charge in [0.2, 0.25) is 5.95 Å². The van der Waals surface area contributed by atoms with Gasteiger partial charge >= 0.3 is 0 Å². The summed E-state index contributed by atoms with van der Waals surface area (Å²) in [5.41, 5.74) is 8.30. The number of nitrogens with two attached hydrogens (primary N) is 1. The van der Waals surface area contributed by atoms with Gasteiger partial charge in [-0.2, -0.15) is 10.2 Å². The highest BCUT2D eigenvalue weighted by molar-refractivity contribution is 6.31. The highest BCUT2D eigenvalue weighted by Gasteiger charge is 2.24. The largest absolute Gasteiger partial charge is 0.399 e. The monoisotopic (exact) mass is 393 g/mol. The predicted molar refractivity (Wildman–Crippen MR) is 113 cm³/mol. The molecule has 0 radical (unpaired) electrons. The molecule has 0 bridgehead atoms. The average Bonchev–Trinajstić information content (AvgIpc) is 3.15. The van der Waals surface area contributed by atoms with Gasteiger partial charge in [0, 0.05) is 40.9 Å². The van der Waals surface area contributed by atoms with E-state index in [1.165, 1.54) is 0 Å². The van der Waals surface area contributed by atoms with E-state index >= 15 is 0 Å². The predicted octanol–water partition coefficient (Wildman–Crippen LogP) is 3.28. The van der Waals surface area contributed by atoms with Crippen LogP contribution in [0.1, 0.15) is 12.0 Å². The van der Waals surface area contributed by atoms with E-state index in [2.05, 4.69) is 26.6 Å². The van der Waals surface area contributed by atoms with Crippen LogP contribution in [-0.2, 0) is 0 Å². The average molecular weight is 394 g/mol. The first kappa shape index (κ1) is 18.3. The molecule has 1 atom stereocenters. The zero-order chi connectivity index (χ0) is 19.7. The Bertz CT molecular complexity index is 1080. The molecule has 2 aromatic carbocycles. The maximum Gasteiger partial charge on any atom is 0.229 e. The molecule has 1 aromatic heterocycles. The number of nitrogens with one attached hydrogen (secondary N) is 2. The summed E-state index contributed by atoms with van der Waals surface area (Å²) in [6.07, 6.45) is 1.05. The third-order valence-corrected chi connectivity index (χ3v) is 5.11. The summed E-state index contributed by atoms with van der Waals surface area (Å²) in [7, 11) is 1.98. The van der Waals surface area contributed by atoms with Crippen LogP contribution in [0, 0.1) is 11.3 Å². The van der Waals surface area contributed by atoms with Crippen LogP contribution in [0.2, 0.25) is 5.02 Å². The first-order chi connectivity index (χ1) is 13.6. The zero-order valence-electron chi connectivity index (χ0n) is 15.4. The zero-order valence-corrected chi connectivity index (χ0v) is 16.2. The Morgan fingerprint density at radius 2 is 2.11 bits per heavy atom. The molecule has 0 spiro atoms. The van der Waals surface area contributed by atoms with E-state index in [-0.39, 0.29) is 0 Å². The molecule has 7 nitrogen and oxygen atoms in total. The van der Waals surface area contributed by atoms with Crippen LogP contribution in [0.3, 0.4) is 0 Å².